The van der Waals surface area contributed by atoms with Crippen LogP contribution in [0.4, 0.5) is 0 Å². The van der Waals surface area contributed by atoms with E-state index in [0.717, 1.165) is 48.7 Å². The lowest BCUT2D eigenvalue weighted by Crippen LogP contribution is -1.87. The molecule has 0 amide bonds. The third kappa shape index (κ3) is 3.22. The molecule has 3 rings (SSSR count). The molecule has 2 heteroatoms. The first-order valence-electron chi connectivity index (χ1n) is 7.37. The summed E-state index contributed by atoms with van der Waals surface area (Å²) in [5.74, 6) is 0.965. The number of fused-ring (bicyclic) bond motifs is 1. The SMILES string of the molecule is O=Cc1cccc2oc(CCCCc3ccccc3)cc12. The summed E-state index contributed by atoms with van der Waals surface area (Å²) in [5, 5.41) is 0.922. The van der Waals surface area contributed by atoms with Gasteiger partial charge in [0.25, 0.3) is 0 Å². The van der Waals surface area contributed by atoms with E-state index in [1.807, 2.05) is 30.3 Å². The van der Waals surface area contributed by atoms with Crippen LogP contribution in [0.3, 0.4) is 0 Å². The predicted octanol–water partition coefficient (Wildman–Crippen LogP) is 4.81. The molecule has 1 aromatic heterocycles. The van der Waals surface area contributed by atoms with Gasteiger partial charge in [0, 0.05) is 17.4 Å². The quantitative estimate of drug-likeness (QED) is 0.478. The lowest BCUT2D eigenvalue weighted by atomic mass is 10.1. The van der Waals surface area contributed by atoms with Crippen molar-refractivity contribution in [3.63, 3.8) is 0 Å². The van der Waals surface area contributed by atoms with Crippen molar-refractivity contribution in [3.8, 4) is 0 Å². The van der Waals surface area contributed by atoms with E-state index >= 15 is 0 Å². The van der Waals surface area contributed by atoms with Gasteiger partial charge in [-0.2, -0.15) is 0 Å². The summed E-state index contributed by atoms with van der Waals surface area (Å²) >= 11 is 0. The maximum absolute atomic E-state index is 11.0. The molecule has 0 aliphatic rings. The van der Waals surface area contributed by atoms with E-state index in [9.17, 15) is 4.79 Å². The molecule has 0 spiro atoms. The first-order valence-corrected chi connectivity index (χ1v) is 7.37. The van der Waals surface area contributed by atoms with Gasteiger partial charge in [0.05, 0.1) is 0 Å². The largest absolute Gasteiger partial charge is 0.461 e. The van der Waals surface area contributed by atoms with Crippen molar-refractivity contribution in [3.05, 3.63) is 71.5 Å². The fraction of sp³-hybridized carbons (Fsp3) is 0.211. The second kappa shape index (κ2) is 6.40. The van der Waals surface area contributed by atoms with Crippen molar-refractivity contribution in [1.82, 2.24) is 0 Å². The van der Waals surface area contributed by atoms with Crippen LogP contribution in [0.15, 0.2) is 59.0 Å². The summed E-state index contributed by atoms with van der Waals surface area (Å²) < 4.78 is 5.80. The molecule has 2 nitrogen and oxygen atoms in total. The van der Waals surface area contributed by atoms with Crippen LogP contribution in [0.25, 0.3) is 11.0 Å². The Morgan fingerprint density at radius 2 is 1.71 bits per heavy atom. The van der Waals surface area contributed by atoms with E-state index < -0.39 is 0 Å². The van der Waals surface area contributed by atoms with Gasteiger partial charge in [-0.05, 0) is 37.0 Å². The van der Waals surface area contributed by atoms with Crippen LogP contribution < -0.4 is 0 Å². The van der Waals surface area contributed by atoms with E-state index in [1.165, 1.54) is 5.56 Å². The standard InChI is InChI=1S/C19H18O2/c20-14-16-10-6-12-19-18(16)13-17(21-19)11-5-4-9-15-7-2-1-3-8-15/h1-3,6-8,10,12-14H,4-5,9,11H2. The van der Waals surface area contributed by atoms with Crippen molar-refractivity contribution in [2.45, 2.75) is 25.7 Å². The van der Waals surface area contributed by atoms with Crippen LogP contribution in [0.5, 0.6) is 0 Å². The summed E-state index contributed by atoms with van der Waals surface area (Å²) in [7, 11) is 0. The first-order chi connectivity index (χ1) is 10.4. The number of rotatable bonds is 6. The third-order valence-corrected chi connectivity index (χ3v) is 3.75. The molecule has 0 radical (unpaired) electrons. The molecular formula is C19H18O2. The van der Waals surface area contributed by atoms with Crippen molar-refractivity contribution < 1.29 is 9.21 Å². The number of aldehydes is 1. The Morgan fingerprint density at radius 1 is 0.905 bits per heavy atom. The molecule has 0 unspecified atom stereocenters. The summed E-state index contributed by atoms with van der Waals surface area (Å²) in [4.78, 5) is 11.0. The fourth-order valence-corrected chi connectivity index (χ4v) is 2.64. The Kier molecular flexibility index (Phi) is 4.15. The van der Waals surface area contributed by atoms with E-state index in [1.54, 1.807) is 0 Å². The number of hydrogen-bond acceptors (Lipinski definition) is 2. The second-order valence-corrected chi connectivity index (χ2v) is 5.28. The van der Waals surface area contributed by atoms with Crippen LogP contribution in [0.1, 0.15) is 34.5 Å². The van der Waals surface area contributed by atoms with E-state index in [4.69, 9.17) is 4.42 Å². The number of carbonyl (C=O) groups excluding carboxylic acids is 1. The Labute approximate surface area is 124 Å². The highest BCUT2D eigenvalue weighted by Gasteiger charge is 2.07. The minimum absolute atomic E-state index is 0.701. The Hall–Kier alpha value is -2.35. The monoisotopic (exact) mass is 278 g/mol. The molecule has 0 N–H and O–H groups in total. The van der Waals surface area contributed by atoms with E-state index in [-0.39, 0.29) is 0 Å². The number of aryl methyl sites for hydroxylation is 2. The van der Waals surface area contributed by atoms with Crippen LogP contribution in [-0.4, -0.2) is 6.29 Å². The Balaban J connectivity index is 1.59. The maximum Gasteiger partial charge on any atom is 0.150 e. The van der Waals surface area contributed by atoms with Crippen LogP contribution in [0, 0.1) is 0 Å². The fourth-order valence-electron chi connectivity index (χ4n) is 2.64. The third-order valence-electron chi connectivity index (χ3n) is 3.75. The molecule has 0 saturated carbocycles. The van der Waals surface area contributed by atoms with Gasteiger partial charge in [0.15, 0.2) is 6.29 Å². The topological polar surface area (TPSA) is 30.2 Å². The number of carbonyl (C=O) groups is 1. The van der Waals surface area contributed by atoms with Crippen molar-refractivity contribution in [2.24, 2.45) is 0 Å². The zero-order chi connectivity index (χ0) is 14.5. The van der Waals surface area contributed by atoms with Gasteiger partial charge in [-0.25, -0.2) is 0 Å². The molecule has 21 heavy (non-hydrogen) atoms. The number of hydrogen-bond donors (Lipinski definition) is 0. The van der Waals surface area contributed by atoms with E-state index in [2.05, 4.69) is 24.3 Å². The molecule has 0 bridgehead atoms. The average Bonchev–Trinajstić information content (AvgIpc) is 2.95. The van der Waals surface area contributed by atoms with Crippen molar-refractivity contribution in [2.75, 3.05) is 0 Å². The predicted molar refractivity (Wildman–Crippen MR) is 84.7 cm³/mol. The number of unbranched alkanes of at least 4 members (excludes halogenated alkanes) is 1. The highest BCUT2D eigenvalue weighted by molar-refractivity contribution is 5.96. The van der Waals surface area contributed by atoms with Crippen molar-refractivity contribution in [1.29, 1.82) is 0 Å². The normalized spacial score (nSPS) is 10.9. The molecular weight excluding hydrogens is 260 g/mol. The van der Waals surface area contributed by atoms with Gasteiger partial charge in [-0.15, -0.1) is 0 Å². The zero-order valence-electron chi connectivity index (χ0n) is 11.9. The molecule has 0 aliphatic carbocycles. The zero-order valence-corrected chi connectivity index (χ0v) is 11.9. The van der Waals surface area contributed by atoms with E-state index in [0.29, 0.717) is 5.56 Å². The van der Waals surface area contributed by atoms with Gasteiger partial charge in [0.2, 0.25) is 0 Å². The Bertz CT molecular complexity index is 726. The molecule has 0 saturated heterocycles. The van der Waals surface area contributed by atoms with Gasteiger partial charge < -0.3 is 4.42 Å². The van der Waals surface area contributed by atoms with Gasteiger partial charge in [0.1, 0.15) is 11.3 Å². The average molecular weight is 278 g/mol. The summed E-state index contributed by atoms with van der Waals surface area (Å²) in [6, 6.07) is 18.1. The summed E-state index contributed by atoms with van der Waals surface area (Å²) in [6.07, 6.45) is 5.13. The summed E-state index contributed by atoms with van der Waals surface area (Å²) in [5.41, 5.74) is 2.88. The minimum atomic E-state index is 0.701. The van der Waals surface area contributed by atoms with Crippen LogP contribution >= 0.6 is 0 Å². The minimum Gasteiger partial charge on any atom is -0.461 e. The first kappa shape index (κ1) is 13.6. The van der Waals surface area contributed by atoms with Crippen LogP contribution in [-0.2, 0) is 12.8 Å². The van der Waals surface area contributed by atoms with Gasteiger partial charge in [-0.1, -0.05) is 42.5 Å². The molecule has 0 aliphatic heterocycles. The molecule has 0 atom stereocenters. The maximum atomic E-state index is 11.0. The van der Waals surface area contributed by atoms with Crippen LogP contribution in [0.2, 0.25) is 0 Å². The second-order valence-electron chi connectivity index (χ2n) is 5.28. The highest BCUT2D eigenvalue weighted by Crippen LogP contribution is 2.23. The highest BCUT2D eigenvalue weighted by atomic mass is 16.3. The van der Waals surface area contributed by atoms with Gasteiger partial charge >= 0.3 is 0 Å². The number of benzene rings is 2. The lowest BCUT2D eigenvalue weighted by molar-refractivity contribution is 0.112. The molecule has 3 aromatic rings. The number of furan rings is 1. The molecule has 106 valence electrons. The molecule has 1 heterocycles. The molecule has 0 fully saturated rings. The van der Waals surface area contributed by atoms with Gasteiger partial charge in [-0.3, -0.25) is 4.79 Å². The summed E-state index contributed by atoms with van der Waals surface area (Å²) in [6.45, 7) is 0. The Morgan fingerprint density at radius 3 is 2.52 bits per heavy atom. The van der Waals surface area contributed by atoms with Crippen molar-refractivity contribution >= 4 is 17.3 Å². The lowest BCUT2D eigenvalue weighted by Gasteiger charge is -2.00. The molecule has 2 aromatic carbocycles. The smallest absolute Gasteiger partial charge is 0.150 e.